The molecular formula is C18H21N3O4. The van der Waals surface area contributed by atoms with Crippen molar-refractivity contribution in [2.75, 3.05) is 17.7 Å². The van der Waals surface area contributed by atoms with Gasteiger partial charge in [0.15, 0.2) is 0 Å². The van der Waals surface area contributed by atoms with Gasteiger partial charge in [0.25, 0.3) is 5.69 Å². The molecule has 132 valence electrons. The molecule has 1 atom stereocenters. The molecule has 7 nitrogen and oxygen atoms in total. The van der Waals surface area contributed by atoms with E-state index in [0.29, 0.717) is 11.3 Å². The Morgan fingerprint density at radius 3 is 2.56 bits per heavy atom. The molecule has 2 aromatic carbocycles. The van der Waals surface area contributed by atoms with Gasteiger partial charge in [-0.1, -0.05) is 6.07 Å². The standard InChI is InChI=1S/C18H21N3O4/c1-11-10-14(8-9-17(11)25-4)19-13(3)18(22)20-15-6-5-7-16(12(15)2)21(23)24/h5-10,13,19H,1-4H3,(H,20,22). The molecule has 2 rings (SSSR count). The summed E-state index contributed by atoms with van der Waals surface area (Å²) in [7, 11) is 1.60. The Morgan fingerprint density at radius 1 is 1.24 bits per heavy atom. The van der Waals surface area contributed by atoms with Gasteiger partial charge in [-0.25, -0.2) is 0 Å². The highest BCUT2D eigenvalue weighted by atomic mass is 16.6. The van der Waals surface area contributed by atoms with E-state index < -0.39 is 11.0 Å². The number of methoxy groups -OCH3 is 1. The number of anilines is 2. The van der Waals surface area contributed by atoms with E-state index in [-0.39, 0.29) is 11.6 Å². The zero-order chi connectivity index (χ0) is 18.6. The maximum Gasteiger partial charge on any atom is 0.274 e. The molecule has 1 amide bonds. The van der Waals surface area contributed by atoms with Crippen molar-refractivity contribution in [1.29, 1.82) is 0 Å². The number of carbonyl (C=O) groups excluding carboxylic acids is 1. The minimum atomic E-state index is -0.522. The van der Waals surface area contributed by atoms with Crippen LogP contribution in [0.5, 0.6) is 5.75 Å². The van der Waals surface area contributed by atoms with E-state index in [4.69, 9.17) is 4.74 Å². The summed E-state index contributed by atoms with van der Waals surface area (Å²) in [5, 5.41) is 16.8. The van der Waals surface area contributed by atoms with Crippen LogP contribution in [0.4, 0.5) is 17.1 Å². The minimum absolute atomic E-state index is 0.0239. The third-order valence-electron chi connectivity index (χ3n) is 3.93. The highest BCUT2D eigenvalue weighted by Crippen LogP contribution is 2.25. The number of ether oxygens (including phenoxy) is 1. The van der Waals surface area contributed by atoms with Crippen LogP contribution in [-0.2, 0) is 4.79 Å². The predicted octanol–water partition coefficient (Wildman–Crippen LogP) is 3.66. The van der Waals surface area contributed by atoms with Crippen molar-refractivity contribution in [2.45, 2.75) is 26.8 Å². The van der Waals surface area contributed by atoms with Crippen LogP contribution in [0.25, 0.3) is 0 Å². The normalized spacial score (nSPS) is 11.5. The number of hydrogen-bond donors (Lipinski definition) is 2. The van der Waals surface area contributed by atoms with Crippen molar-refractivity contribution in [3.8, 4) is 5.75 Å². The van der Waals surface area contributed by atoms with Gasteiger partial charge in [-0.05, 0) is 50.6 Å². The molecule has 0 spiro atoms. The van der Waals surface area contributed by atoms with E-state index >= 15 is 0 Å². The first-order valence-electron chi connectivity index (χ1n) is 7.79. The van der Waals surface area contributed by atoms with E-state index in [1.54, 1.807) is 33.1 Å². The van der Waals surface area contributed by atoms with Crippen LogP contribution in [0.15, 0.2) is 36.4 Å². The second-order valence-electron chi connectivity index (χ2n) is 5.75. The number of benzene rings is 2. The Balaban J connectivity index is 2.09. The first kappa shape index (κ1) is 18.3. The molecule has 0 aromatic heterocycles. The van der Waals surface area contributed by atoms with Gasteiger partial charge in [0.05, 0.1) is 23.3 Å². The average molecular weight is 343 g/mol. The fourth-order valence-corrected chi connectivity index (χ4v) is 2.48. The van der Waals surface area contributed by atoms with Crippen molar-refractivity contribution in [1.82, 2.24) is 0 Å². The number of nitro benzene ring substituents is 1. The van der Waals surface area contributed by atoms with Gasteiger partial charge in [0.2, 0.25) is 5.91 Å². The molecule has 2 N–H and O–H groups in total. The summed E-state index contributed by atoms with van der Waals surface area (Å²) in [5.41, 5.74) is 2.57. The highest BCUT2D eigenvalue weighted by Gasteiger charge is 2.18. The molecule has 1 unspecified atom stereocenters. The van der Waals surface area contributed by atoms with Gasteiger partial charge >= 0.3 is 0 Å². The van der Waals surface area contributed by atoms with E-state index in [0.717, 1.165) is 17.0 Å². The number of carbonyl (C=O) groups is 1. The molecule has 25 heavy (non-hydrogen) atoms. The zero-order valence-electron chi connectivity index (χ0n) is 14.6. The molecule has 2 aromatic rings. The lowest BCUT2D eigenvalue weighted by Crippen LogP contribution is -2.32. The summed E-state index contributed by atoms with van der Waals surface area (Å²) in [5.74, 6) is 0.493. The smallest absolute Gasteiger partial charge is 0.274 e. The summed E-state index contributed by atoms with van der Waals surface area (Å²) in [4.78, 5) is 22.9. The summed E-state index contributed by atoms with van der Waals surface area (Å²) < 4.78 is 5.21. The number of nitrogens with zero attached hydrogens (tertiary/aromatic N) is 1. The molecule has 7 heteroatoms. The van der Waals surface area contributed by atoms with Gasteiger partial charge in [-0.3, -0.25) is 14.9 Å². The number of amides is 1. The number of hydrogen-bond acceptors (Lipinski definition) is 5. The molecule has 0 fully saturated rings. The van der Waals surface area contributed by atoms with E-state index in [9.17, 15) is 14.9 Å². The highest BCUT2D eigenvalue weighted by molar-refractivity contribution is 5.97. The lowest BCUT2D eigenvalue weighted by Gasteiger charge is -2.17. The Morgan fingerprint density at radius 2 is 1.96 bits per heavy atom. The maximum atomic E-state index is 12.4. The van der Waals surface area contributed by atoms with Crippen molar-refractivity contribution < 1.29 is 14.5 Å². The topological polar surface area (TPSA) is 93.5 Å². The lowest BCUT2D eigenvalue weighted by atomic mass is 10.1. The third-order valence-corrected chi connectivity index (χ3v) is 3.93. The number of rotatable bonds is 6. The maximum absolute atomic E-state index is 12.4. The average Bonchev–Trinajstić information content (AvgIpc) is 2.56. The summed E-state index contributed by atoms with van der Waals surface area (Å²) in [6, 6.07) is 9.62. The first-order chi connectivity index (χ1) is 11.8. The molecule has 0 heterocycles. The molecule has 0 bridgehead atoms. The lowest BCUT2D eigenvalue weighted by molar-refractivity contribution is -0.385. The number of aryl methyl sites for hydroxylation is 1. The Bertz CT molecular complexity index is 805. The second-order valence-corrected chi connectivity index (χ2v) is 5.75. The largest absolute Gasteiger partial charge is 0.496 e. The van der Waals surface area contributed by atoms with E-state index in [2.05, 4.69) is 10.6 Å². The van der Waals surface area contributed by atoms with Crippen LogP contribution >= 0.6 is 0 Å². The quantitative estimate of drug-likeness (QED) is 0.617. The van der Waals surface area contributed by atoms with Crippen LogP contribution < -0.4 is 15.4 Å². The van der Waals surface area contributed by atoms with Crippen molar-refractivity contribution in [2.24, 2.45) is 0 Å². The predicted molar refractivity (Wildman–Crippen MR) is 97.3 cm³/mol. The SMILES string of the molecule is COc1ccc(NC(C)C(=O)Nc2cccc([N+](=O)[O-])c2C)cc1C. The fourth-order valence-electron chi connectivity index (χ4n) is 2.48. The molecule has 0 aliphatic carbocycles. The number of nitrogens with one attached hydrogen (secondary N) is 2. The van der Waals surface area contributed by atoms with Crippen molar-refractivity contribution >= 4 is 23.0 Å². The Hall–Kier alpha value is -3.09. The number of nitro groups is 1. The van der Waals surface area contributed by atoms with Crippen molar-refractivity contribution in [3.63, 3.8) is 0 Å². The molecule has 0 radical (unpaired) electrons. The zero-order valence-corrected chi connectivity index (χ0v) is 14.6. The van der Waals surface area contributed by atoms with Crippen LogP contribution in [0.2, 0.25) is 0 Å². The van der Waals surface area contributed by atoms with Gasteiger partial charge in [0, 0.05) is 11.8 Å². The summed E-state index contributed by atoms with van der Waals surface area (Å²) in [6.07, 6.45) is 0. The van der Waals surface area contributed by atoms with Gasteiger partial charge in [-0.15, -0.1) is 0 Å². The molecular weight excluding hydrogens is 322 g/mol. The molecule has 0 saturated heterocycles. The monoisotopic (exact) mass is 343 g/mol. The van der Waals surface area contributed by atoms with Crippen LogP contribution in [0, 0.1) is 24.0 Å². The Labute approximate surface area is 146 Å². The van der Waals surface area contributed by atoms with Crippen LogP contribution in [-0.4, -0.2) is 24.0 Å². The first-order valence-corrected chi connectivity index (χ1v) is 7.79. The summed E-state index contributed by atoms with van der Waals surface area (Å²) >= 11 is 0. The van der Waals surface area contributed by atoms with Gasteiger partial charge in [-0.2, -0.15) is 0 Å². The fraction of sp³-hybridized carbons (Fsp3) is 0.278. The summed E-state index contributed by atoms with van der Waals surface area (Å²) in [6.45, 7) is 5.25. The van der Waals surface area contributed by atoms with Gasteiger partial charge in [0.1, 0.15) is 11.8 Å². The third kappa shape index (κ3) is 4.26. The van der Waals surface area contributed by atoms with E-state index in [1.807, 2.05) is 25.1 Å². The minimum Gasteiger partial charge on any atom is -0.496 e. The van der Waals surface area contributed by atoms with E-state index in [1.165, 1.54) is 6.07 Å². The van der Waals surface area contributed by atoms with Crippen LogP contribution in [0.1, 0.15) is 18.1 Å². The second kappa shape index (κ2) is 7.65. The van der Waals surface area contributed by atoms with Crippen molar-refractivity contribution in [3.05, 3.63) is 57.6 Å². The molecule has 0 aliphatic rings. The van der Waals surface area contributed by atoms with Crippen LogP contribution in [0.3, 0.4) is 0 Å². The molecule has 0 aliphatic heterocycles. The van der Waals surface area contributed by atoms with Gasteiger partial charge < -0.3 is 15.4 Å². The Kier molecular flexibility index (Phi) is 5.59. The molecule has 0 saturated carbocycles.